The molecule has 1 aliphatic heterocycles. The number of rotatable bonds is 4. The molecule has 166 valence electrons. The summed E-state index contributed by atoms with van der Waals surface area (Å²) in [6.45, 7) is 1.24. The summed E-state index contributed by atoms with van der Waals surface area (Å²) in [5.41, 5.74) is 4.50. The highest BCUT2D eigenvalue weighted by Crippen LogP contribution is 2.38. The maximum absolute atomic E-state index is 13.2. The standard InChI is InChI=1S/C27H23FN2O3/c1-32-25-15-20(21-13-19-4-2-3-5-24(19)29-16-21)14-22-17-30(10-11-33-27(22)25)26(31)12-18-6-8-23(28)9-7-18/h2-9,13-16H,10-12,17H2,1H3. The van der Waals surface area contributed by atoms with Gasteiger partial charge in [-0.25, -0.2) is 4.39 Å². The minimum absolute atomic E-state index is 0.0326. The van der Waals surface area contributed by atoms with Crippen LogP contribution in [0.25, 0.3) is 22.0 Å². The van der Waals surface area contributed by atoms with E-state index < -0.39 is 0 Å². The maximum Gasteiger partial charge on any atom is 0.227 e. The number of pyridine rings is 1. The van der Waals surface area contributed by atoms with Gasteiger partial charge in [0, 0.05) is 29.3 Å². The fourth-order valence-electron chi connectivity index (χ4n) is 4.13. The van der Waals surface area contributed by atoms with Crippen LogP contribution < -0.4 is 9.47 Å². The molecule has 33 heavy (non-hydrogen) atoms. The van der Waals surface area contributed by atoms with Gasteiger partial charge in [0.2, 0.25) is 5.91 Å². The molecule has 5 nitrogen and oxygen atoms in total. The van der Waals surface area contributed by atoms with E-state index in [0.717, 1.165) is 33.2 Å². The van der Waals surface area contributed by atoms with Crippen molar-refractivity contribution in [3.05, 3.63) is 89.9 Å². The zero-order valence-electron chi connectivity index (χ0n) is 18.3. The quantitative estimate of drug-likeness (QED) is 0.446. The monoisotopic (exact) mass is 442 g/mol. The van der Waals surface area contributed by atoms with Crippen molar-refractivity contribution in [2.45, 2.75) is 13.0 Å². The normalized spacial score (nSPS) is 13.2. The van der Waals surface area contributed by atoms with Crippen LogP contribution in [-0.2, 0) is 17.8 Å². The van der Waals surface area contributed by atoms with Crippen LogP contribution in [0.1, 0.15) is 11.1 Å². The minimum Gasteiger partial charge on any atom is -0.493 e. The van der Waals surface area contributed by atoms with Crippen molar-refractivity contribution in [3.8, 4) is 22.6 Å². The molecule has 2 heterocycles. The third-order valence-corrected chi connectivity index (χ3v) is 5.87. The average molecular weight is 442 g/mol. The molecule has 5 rings (SSSR count). The molecule has 0 aliphatic carbocycles. The van der Waals surface area contributed by atoms with Gasteiger partial charge in [-0.2, -0.15) is 0 Å². The second-order valence-electron chi connectivity index (χ2n) is 8.05. The molecule has 0 atom stereocenters. The Kier molecular flexibility index (Phi) is 5.65. The smallest absolute Gasteiger partial charge is 0.227 e. The predicted octanol–water partition coefficient (Wildman–Crippen LogP) is 5.01. The first kappa shape index (κ1) is 20.9. The Morgan fingerprint density at radius 3 is 2.73 bits per heavy atom. The van der Waals surface area contributed by atoms with Gasteiger partial charge in [-0.05, 0) is 47.5 Å². The lowest BCUT2D eigenvalue weighted by molar-refractivity contribution is -0.131. The summed E-state index contributed by atoms with van der Waals surface area (Å²) < 4.78 is 24.8. The van der Waals surface area contributed by atoms with Crippen LogP contribution in [0, 0.1) is 5.82 Å². The molecule has 6 heteroatoms. The van der Waals surface area contributed by atoms with Crippen molar-refractivity contribution in [1.82, 2.24) is 9.88 Å². The van der Waals surface area contributed by atoms with E-state index in [2.05, 4.69) is 11.1 Å². The van der Waals surface area contributed by atoms with Crippen LogP contribution in [0.15, 0.2) is 72.9 Å². The Balaban J connectivity index is 1.46. The molecule has 0 radical (unpaired) electrons. The number of carbonyl (C=O) groups is 1. The van der Waals surface area contributed by atoms with E-state index in [9.17, 15) is 9.18 Å². The summed E-state index contributed by atoms with van der Waals surface area (Å²) in [5.74, 6) is 0.941. The lowest BCUT2D eigenvalue weighted by Crippen LogP contribution is -2.33. The molecule has 0 spiro atoms. The topological polar surface area (TPSA) is 51.7 Å². The number of para-hydroxylation sites is 1. The second-order valence-corrected chi connectivity index (χ2v) is 8.05. The highest BCUT2D eigenvalue weighted by atomic mass is 19.1. The van der Waals surface area contributed by atoms with E-state index >= 15 is 0 Å². The molecule has 1 aliphatic rings. The number of benzene rings is 3. The van der Waals surface area contributed by atoms with Gasteiger partial charge in [0.05, 0.1) is 25.6 Å². The van der Waals surface area contributed by atoms with Gasteiger partial charge in [0.1, 0.15) is 12.4 Å². The van der Waals surface area contributed by atoms with E-state index in [1.54, 1.807) is 24.1 Å². The van der Waals surface area contributed by atoms with Gasteiger partial charge in [0.15, 0.2) is 11.5 Å². The fraction of sp³-hybridized carbons (Fsp3) is 0.185. The average Bonchev–Trinajstić information content (AvgIpc) is 3.07. The van der Waals surface area contributed by atoms with Gasteiger partial charge in [0.25, 0.3) is 0 Å². The van der Waals surface area contributed by atoms with Crippen LogP contribution in [0.2, 0.25) is 0 Å². The number of nitrogens with zero attached hydrogens (tertiary/aromatic N) is 2. The lowest BCUT2D eigenvalue weighted by Gasteiger charge is -2.20. The Morgan fingerprint density at radius 2 is 1.91 bits per heavy atom. The van der Waals surface area contributed by atoms with E-state index in [1.807, 2.05) is 42.6 Å². The molecule has 3 aromatic carbocycles. The third kappa shape index (κ3) is 4.37. The number of aromatic nitrogens is 1. The number of halogens is 1. The molecular formula is C27H23FN2O3. The van der Waals surface area contributed by atoms with E-state index in [1.165, 1.54) is 12.1 Å². The first-order valence-electron chi connectivity index (χ1n) is 10.8. The Morgan fingerprint density at radius 1 is 1.09 bits per heavy atom. The number of hydrogen-bond acceptors (Lipinski definition) is 4. The number of ether oxygens (including phenoxy) is 2. The van der Waals surface area contributed by atoms with Crippen molar-refractivity contribution in [2.24, 2.45) is 0 Å². The van der Waals surface area contributed by atoms with Crippen LogP contribution in [0.5, 0.6) is 11.5 Å². The zero-order valence-corrected chi connectivity index (χ0v) is 18.3. The summed E-state index contributed by atoms with van der Waals surface area (Å²) >= 11 is 0. The molecule has 0 unspecified atom stereocenters. The number of amides is 1. The Hall–Kier alpha value is -3.93. The van der Waals surface area contributed by atoms with Gasteiger partial charge >= 0.3 is 0 Å². The number of methoxy groups -OCH3 is 1. The van der Waals surface area contributed by atoms with Crippen LogP contribution in [0.4, 0.5) is 4.39 Å². The first-order valence-corrected chi connectivity index (χ1v) is 10.8. The van der Waals surface area contributed by atoms with Gasteiger partial charge in [-0.1, -0.05) is 30.3 Å². The number of hydrogen-bond donors (Lipinski definition) is 0. The van der Waals surface area contributed by atoms with Crippen molar-refractivity contribution in [3.63, 3.8) is 0 Å². The molecule has 0 bridgehead atoms. The summed E-state index contributed by atoms with van der Waals surface area (Å²) in [6, 6.07) is 20.1. The van der Waals surface area contributed by atoms with Crippen molar-refractivity contribution >= 4 is 16.8 Å². The Labute approximate surface area is 191 Å². The third-order valence-electron chi connectivity index (χ3n) is 5.87. The van der Waals surface area contributed by atoms with Crippen LogP contribution in [0.3, 0.4) is 0 Å². The SMILES string of the molecule is COc1cc(-c2cnc3ccccc3c2)cc2c1OCCN(C(=O)Cc1ccc(F)cc1)C2. The highest BCUT2D eigenvalue weighted by Gasteiger charge is 2.23. The number of carbonyl (C=O) groups excluding carboxylic acids is 1. The van der Waals surface area contributed by atoms with Gasteiger partial charge in [-0.15, -0.1) is 0 Å². The highest BCUT2D eigenvalue weighted by molar-refractivity contribution is 5.84. The molecule has 0 N–H and O–H groups in total. The Bertz CT molecular complexity index is 1320. The molecule has 4 aromatic rings. The minimum atomic E-state index is -0.314. The van der Waals surface area contributed by atoms with E-state index in [4.69, 9.17) is 9.47 Å². The lowest BCUT2D eigenvalue weighted by atomic mass is 10.0. The first-order chi connectivity index (χ1) is 16.1. The summed E-state index contributed by atoms with van der Waals surface area (Å²) in [4.78, 5) is 19.4. The van der Waals surface area contributed by atoms with Crippen LogP contribution >= 0.6 is 0 Å². The van der Waals surface area contributed by atoms with E-state index in [0.29, 0.717) is 31.2 Å². The van der Waals surface area contributed by atoms with Gasteiger partial charge in [-0.3, -0.25) is 9.78 Å². The van der Waals surface area contributed by atoms with Crippen molar-refractivity contribution in [2.75, 3.05) is 20.3 Å². The summed E-state index contributed by atoms with van der Waals surface area (Å²) in [7, 11) is 1.61. The molecule has 1 aromatic heterocycles. The fourth-order valence-corrected chi connectivity index (χ4v) is 4.13. The zero-order chi connectivity index (χ0) is 22.8. The molecule has 0 fully saturated rings. The molecular weight excluding hydrogens is 419 g/mol. The molecule has 0 saturated heterocycles. The number of fused-ring (bicyclic) bond motifs is 2. The van der Waals surface area contributed by atoms with Gasteiger partial charge < -0.3 is 14.4 Å². The summed E-state index contributed by atoms with van der Waals surface area (Å²) in [5, 5.41) is 1.05. The molecule has 1 amide bonds. The van der Waals surface area contributed by atoms with E-state index in [-0.39, 0.29) is 18.1 Å². The summed E-state index contributed by atoms with van der Waals surface area (Å²) in [6.07, 6.45) is 2.06. The predicted molar refractivity (Wildman–Crippen MR) is 125 cm³/mol. The maximum atomic E-state index is 13.2. The van der Waals surface area contributed by atoms with Crippen molar-refractivity contribution < 1.29 is 18.7 Å². The van der Waals surface area contributed by atoms with Crippen LogP contribution in [-0.4, -0.2) is 36.1 Å². The molecule has 0 saturated carbocycles. The van der Waals surface area contributed by atoms with Crippen molar-refractivity contribution in [1.29, 1.82) is 0 Å². The largest absolute Gasteiger partial charge is 0.493 e. The second kappa shape index (κ2) is 8.90.